The number of nitro groups is 2. The van der Waals surface area contributed by atoms with Crippen molar-refractivity contribution in [1.29, 1.82) is 0 Å². The quantitative estimate of drug-likeness (QED) is 0.454. The third-order valence-electron chi connectivity index (χ3n) is 3.57. The normalized spacial score (nSPS) is 11.2. The molecule has 0 saturated heterocycles. The van der Waals surface area contributed by atoms with E-state index in [0.717, 1.165) is 29.3 Å². The van der Waals surface area contributed by atoms with Gasteiger partial charge in [-0.15, -0.1) is 0 Å². The van der Waals surface area contributed by atoms with Crippen LogP contribution in [0.1, 0.15) is 30.9 Å². The van der Waals surface area contributed by atoms with E-state index in [1.54, 1.807) is 0 Å². The minimum atomic E-state index is -0.672. The second kappa shape index (κ2) is 8.00. The van der Waals surface area contributed by atoms with Gasteiger partial charge < -0.3 is 0 Å². The molecule has 8 nitrogen and oxygen atoms in total. The van der Waals surface area contributed by atoms with Crippen LogP contribution in [0.25, 0.3) is 0 Å². The first-order valence-electron chi connectivity index (χ1n) is 7.74. The molecule has 0 atom stereocenters. The van der Waals surface area contributed by atoms with Gasteiger partial charge in [0.15, 0.2) is 0 Å². The van der Waals surface area contributed by atoms with Gasteiger partial charge in [-0.1, -0.05) is 43.2 Å². The smallest absolute Gasteiger partial charge is 0.271 e. The number of hydrogen-bond acceptors (Lipinski definition) is 6. The number of anilines is 1. The van der Waals surface area contributed by atoms with Crippen LogP contribution in [0.5, 0.6) is 0 Å². The molecule has 25 heavy (non-hydrogen) atoms. The molecule has 0 radical (unpaired) electrons. The van der Waals surface area contributed by atoms with Gasteiger partial charge in [0, 0.05) is 6.07 Å². The Kier molecular flexibility index (Phi) is 5.78. The lowest BCUT2D eigenvalue weighted by molar-refractivity contribution is -0.393. The number of non-ortho nitro benzene ring substituents is 1. The van der Waals surface area contributed by atoms with E-state index in [1.807, 2.05) is 38.1 Å². The summed E-state index contributed by atoms with van der Waals surface area (Å²) < 4.78 is 0. The van der Waals surface area contributed by atoms with Gasteiger partial charge in [0.1, 0.15) is 5.69 Å². The molecular formula is C17H18N4O4. The summed E-state index contributed by atoms with van der Waals surface area (Å²) in [6, 6.07) is 11.2. The zero-order valence-electron chi connectivity index (χ0n) is 13.9. The van der Waals surface area contributed by atoms with Crippen molar-refractivity contribution in [2.75, 3.05) is 5.43 Å². The number of nitrogens with one attached hydrogen (secondary N) is 1. The van der Waals surface area contributed by atoms with Crippen LogP contribution in [0, 0.1) is 27.2 Å². The molecule has 2 aromatic carbocycles. The molecule has 0 spiro atoms. The fourth-order valence-corrected chi connectivity index (χ4v) is 2.25. The second-order valence-corrected chi connectivity index (χ2v) is 5.50. The van der Waals surface area contributed by atoms with E-state index in [-0.39, 0.29) is 11.4 Å². The number of hydrazone groups is 1. The molecule has 0 bridgehead atoms. The number of nitrogens with zero attached hydrogens (tertiary/aromatic N) is 3. The number of rotatable bonds is 7. The largest absolute Gasteiger partial charge is 0.301 e. The number of nitro benzene ring substituents is 2. The standard InChI is InChI=1S/C17H18N4O4/c1-3-4-15(13-7-5-12(2)6-8-13)18-19-16-10-9-14(20(22)23)11-17(16)21(24)25/h5-11,19H,3-4H2,1-2H3/b18-15-. The average molecular weight is 342 g/mol. The number of benzene rings is 2. The van der Waals surface area contributed by atoms with Crippen molar-refractivity contribution in [3.63, 3.8) is 0 Å². The maximum absolute atomic E-state index is 11.2. The summed E-state index contributed by atoms with van der Waals surface area (Å²) in [5.41, 5.74) is 4.86. The topological polar surface area (TPSA) is 111 Å². The highest BCUT2D eigenvalue weighted by molar-refractivity contribution is 6.01. The monoisotopic (exact) mass is 342 g/mol. The van der Waals surface area contributed by atoms with Gasteiger partial charge in [-0.25, -0.2) is 0 Å². The van der Waals surface area contributed by atoms with Crippen LogP contribution in [0.4, 0.5) is 17.1 Å². The molecule has 0 aliphatic heterocycles. The van der Waals surface area contributed by atoms with Gasteiger partial charge in [0.2, 0.25) is 0 Å². The highest BCUT2D eigenvalue weighted by Crippen LogP contribution is 2.29. The van der Waals surface area contributed by atoms with Crippen LogP contribution in [-0.4, -0.2) is 15.6 Å². The van der Waals surface area contributed by atoms with Crippen LogP contribution in [0.2, 0.25) is 0 Å². The third-order valence-corrected chi connectivity index (χ3v) is 3.57. The van der Waals surface area contributed by atoms with Crippen LogP contribution in [0.15, 0.2) is 47.6 Å². The van der Waals surface area contributed by atoms with E-state index >= 15 is 0 Å². The molecule has 8 heteroatoms. The van der Waals surface area contributed by atoms with E-state index in [9.17, 15) is 20.2 Å². The molecule has 0 amide bonds. The highest BCUT2D eigenvalue weighted by atomic mass is 16.6. The minimum Gasteiger partial charge on any atom is -0.271 e. The second-order valence-electron chi connectivity index (χ2n) is 5.50. The van der Waals surface area contributed by atoms with E-state index in [4.69, 9.17) is 0 Å². The molecule has 0 heterocycles. The summed E-state index contributed by atoms with van der Waals surface area (Å²) in [4.78, 5) is 20.6. The van der Waals surface area contributed by atoms with Crippen LogP contribution >= 0.6 is 0 Å². The molecule has 130 valence electrons. The third kappa shape index (κ3) is 4.60. The van der Waals surface area contributed by atoms with Crippen LogP contribution < -0.4 is 5.43 Å². The first-order chi connectivity index (χ1) is 11.9. The molecule has 0 fully saturated rings. The van der Waals surface area contributed by atoms with Gasteiger partial charge in [-0.3, -0.25) is 25.7 Å². The first kappa shape index (κ1) is 18.1. The predicted octanol–water partition coefficient (Wildman–Crippen LogP) is 4.43. The molecular weight excluding hydrogens is 324 g/mol. The Morgan fingerprint density at radius 3 is 2.32 bits per heavy atom. The van der Waals surface area contributed by atoms with E-state index in [1.165, 1.54) is 12.1 Å². The van der Waals surface area contributed by atoms with Crippen molar-refractivity contribution < 1.29 is 9.85 Å². The Morgan fingerprint density at radius 1 is 1.08 bits per heavy atom. The summed E-state index contributed by atoms with van der Waals surface area (Å²) in [7, 11) is 0. The molecule has 0 aliphatic rings. The zero-order chi connectivity index (χ0) is 18.4. The van der Waals surface area contributed by atoms with Gasteiger partial charge in [0.05, 0.1) is 21.6 Å². The first-order valence-corrected chi connectivity index (χ1v) is 7.74. The molecule has 0 aromatic heterocycles. The van der Waals surface area contributed by atoms with E-state index in [2.05, 4.69) is 10.5 Å². The van der Waals surface area contributed by atoms with Gasteiger partial charge in [-0.2, -0.15) is 5.10 Å². The van der Waals surface area contributed by atoms with Crippen molar-refractivity contribution >= 4 is 22.8 Å². The van der Waals surface area contributed by atoms with Crippen molar-refractivity contribution in [2.24, 2.45) is 5.10 Å². The number of aryl methyl sites for hydroxylation is 1. The van der Waals surface area contributed by atoms with E-state index in [0.29, 0.717) is 6.42 Å². The molecule has 2 rings (SSSR count). The maximum atomic E-state index is 11.2. The Bertz CT molecular complexity index is 816. The summed E-state index contributed by atoms with van der Waals surface area (Å²) in [6.07, 6.45) is 1.55. The van der Waals surface area contributed by atoms with E-state index < -0.39 is 15.5 Å². The fourth-order valence-electron chi connectivity index (χ4n) is 2.25. The SMILES string of the molecule is CCC/C(=N/Nc1ccc([N+](=O)[O-])cc1[N+](=O)[O-])c1ccc(C)cc1. The number of hydrogen-bond donors (Lipinski definition) is 1. The zero-order valence-corrected chi connectivity index (χ0v) is 13.9. The Labute approximate surface area is 144 Å². The Hall–Kier alpha value is -3.29. The predicted molar refractivity (Wildman–Crippen MR) is 96.0 cm³/mol. The molecule has 1 N–H and O–H groups in total. The van der Waals surface area contributed by atoms with Crippen molar-refractivity contribution in [1.82, 2.24) is 0 Å². The summed E-state index contributed by atoms with van der Waals surface area (Å²) in [6.45, 7) is 4.00. The summed E-state index contributed by atoms with van der Waals surface area (Å²) >= 11 is 0. The summed E-state index contributed by atoms with van der Waals surface area (Å²) in [5, 5.41) is 26.2. The lowest BCUT2D eigenvalue weighted by atomic mass is 10.0. The average Bonchev–Trinajstić information content (AvgIpc) is 2.59. The fraction of sp³-hybridized carbons (Fsp3) is 0.235. The molecule has 0 saturated carbocycles. The summed E-state index contributed by atoms with van der Waals surface area (Å²) in [5.74, 6) is 0. The van der Waals surface area contributed by atoms with Crippen LogP contribution in [0.3, 0.4) is 0 Å². The minimum absolute atomic E-state index is 0.108. The molecule has 2 aromatic rings. The van der Waals surface area contributed by atoms with Crippen molar-refractivity contribution in [3.05, 3.63) is 73.8 Å². The van der Waals surface area contributed by atoms with Crippen LogP contribution in [-0.2, 0) is 0 Å². The van der Waals surface area contributed by atoms with Gasteiger partial charge in [0.25, 0.3) is 5.69 Å². The van der Waals surface area contributed by atoms with Gasteiger partial charge >= 0.3 is 5.69 Å². The maximum Gasteiger partial charge on any atom is 0.301 e. The Morgan fingerprint density at radius 2 is 1.76 bits per heavy atom. The lowest BCUT2D eigenvalue weighted by Crippen LogP contribution is -2.05. The molecule has 0 unspecified atom stereocenters. The lowest BCUT2D eigenvalue weighted by Gasteiger charge is -2.08. The van der Waals surface area contributed by atoms with Crippen molar-refractivity contribution in [2.45, 2.75) is 26.7 Å². The Balaban J connectivity index is 2.35. The highest BCUT2D eigenvalue weighted by Gasteiger charge is 2.19. The van der Waals surface area contributed by atoms with Crippen molar-refractivity contribution in [3.8, 4) is 0 Å². The van der Waals surface area contributed by atoms with Gasteiger partial charge in [-0.05, 0) is 25.0 Å². The molecule has 0 aliphatic carbocycles.